The maximum Gasteiger partial charge on any atom is 0.188 e. The number of ether oxygens (including phenoxy) is 1. The molecule has 0 saturated carbocycles. The Morgan fingerprint density at radius 3 is 2.79 bits per heavy atom. The van der Waals surface area contributed by atoms with Crippen LogP contribution in [0.25, 0.3) is 0 Å². The molecule has 1 aliphatic heterocycles. The Hall–Kier alpha value is -1.24. The number of hydrogen-bond acceptors (Lipinski definition) is 4. The Kier molecular flexibility index (Phi) is 9.02. The Morgan fingerprint density at radius 2 is 2.04 bits per heavy atom. The number of nitrogens with two attached hydrogens (primary N) is 1. The molecule has 3 N–H and O–H groups in total. The summed E-state index contributed by atoms with van der Waals surface area (Å²) in [5, 5.41) is 3.19. The Balaban J connectivity index is 1.47. The predicted molar refractivity (Wildman–Crippen MR) is 104 cm³/mol. The number of guanidine groups is 1. The summed E-state index contributed by atoms with van der Waals surface area (Å²) < 4.78 is 5.34. The summed E-state index contributed by atoms with van der Waals surface area (Å²) in [6.07, 6.45) is 1.05. The summed E-state index contributed by atoms with van der Waals surface area (Å²) in [4.78, 5) is 6.81. The molecule has 0 atom stereocenters. The van der Waals surface area contributed by atoms with Crippen LogP contribution in [0.4, 0.5) is 0 Å². The molecule has 2 rings (SSSR count). The zero-order valence-electron chi connectivity index (χ0n) is 14.7. The Morgan fingerprint density at radius 1 is 1.29 bits per heavy atom. The first-order valence-corrected chi connectivity index (χ1v) is 9.87. The van der Waals surface area contributed by atoms with Crippen LogP contribution < -0.4 is 11.1 Å². The Labute approximate surface area is 150 Å². The highest BCUT2D eigenvalue weighted by Crippen LogP contribution is 2.12. The van der Waals surface area contributed by atoms with E-state index >= 15 is 0 Å². The number of aliphatic imine (C=N–C) groups is 1. The van der Waals surface area contributed by atoms with Crippen LogP contribution in [0.2, 0.25) is 0 Å². The van der Waals surface area contributed by atoms with Gasteiger partial charge in [-0.1, -0.05) is 29.8 Å². The van der Waals surface area contributed by atoms with Crippen LogP contribution in [0.15, 0.2) is 29.3 Å². The third kappa shape index (κ3) is 8.04. The Bertz CT molecular complexity index is 486. The van der Waals surface area contributed by atoms with Gasteiger partial charge in [0.25, 0.3) is 0 Å². The summed E-state index contributed by atoms with van der Waals surface area (Å²) in [6.45, 7) is 8.62. The van der Waals surface area contributed by atoms with Gasteiger partial charge in [-0.15, -0.1) is 0 Å². The molecule has 0 unspecified atom stereocenters. The lowest BCUT2D eigenvalue weighted by Crippen LogP contribution is -2.37. The standard InChI is InChI=1S/C18H30N4OS/c1-16-3-5-17(6-4-16)15-24-14-8-21-18(19)20-7-2-9-22-10-12-23-13-11-22/h3-6H,2,7-15H2,1H3,(H3,19,20,21). The van der Waals surface area contributed by atoms with E-state index in [-0.39, 0.29) is 0 Å². The largest absolute Gasteiger partial charge is 0.379 e. The summed E-state index contributed by atoms with van der Waals surface area (Å²) in [6, 6.07) is 8.71. The van der Waals surface area contributed by atoms with Crippen molar-refractivity contribution in [2.24, 2.45) is 10.7 Å². The highest BCUT2D eigenvalue weighted by Gasteiger charge is 2.08. The lowest BCUT2D eigenvalue weighted by atomic mass is 10.2. The van der Waals surface area contributed by atoms with E-state index in [0.29, 0.717) is 5.96 Å². The maximum atomic E-state index is 5.90. The smallest absolute Gasteiger partial charge is 0.188 e. The van der Waals surface area contributed by atoms with Gasteiger partial charge in [0.1, 0.15) is 0 Å². The van der Waals surface area contributed by atoms with Crippen molar-refractivity contribution in [3.05, 3.63) is 35.4 Å². The zero-order valence-corrected chi connectivity index (χ0v) is 15.5. The fraction of sp³-hybridized carbons (Fsp3) is 0.611. The molecular weight excluding hydrogens is 320 g/mol. The minimum absolute atomic E-state index is 0.563. The number of benzene rings is 1. The molecule has 0 aliphatic carbocycles. The molecule has 6 heteroatoms. The number of nitrogens with one attached hydrogen (secondary N) is 1. The van der Waals surface area contributed by atoms with Crippen LogP contribution in [0.5, 0.6) is 0 Å². The monoisotopic (exact) mass is 350 g/mol. The third-order valence-electron chi connectivity index (χ3n) is 3.96. The van der Waals surface area contributed by atoms with E-state index in [9.17, 15) is 0 Å². The summed E-state index contributed by atoms with van der Waals surface area (Å²) >= 11 is 1.91. The second-order valence-corrected chi connectivity index (χ2v) is 7.14. The number of aryl methyl sites for hydroxylation is 1. The first-order chi connectivity index (χ1) is 11.7. The van der Waals surface area contributed by atoms with Crippen molar-refractivity contribution in [3.8, 4) is 0 Å². The molecule has 1 heterocycles. The number of morpholine rings is 1. The molecule has 0 aromatic heterocycles. The number of rotatable bonds is 9. The quantitative estimate of drug-likeness (QED) is 0.404. The van der Waals surface area contributed by atoms with Gasteiger partial charge in [0, 0.05) is 44.2 Å². The second-order valence-electron chi connectivity index (χ2n) is 6.04. The van der Waals surface area contributed by atoms with Crippen LogP contribution >= 0.6 is 11.8 Å². The second kappa shape index (κ2) is 11.3. The number of hydrogen-bond donors (Lipinski definition) is 2. The van der Waals surface area contributed by atoms with E-state index in [1.54, 1.807) is 0 Å². The van der Waals surface area contributed by atoms with E-state index in [1.807, 2.05) is 11.8 Å². The van der Waals surface area contributed by atoms with Gasteiger partial charge in [0.2, 0.25) is 0 Å². The van der Waals surface area contributed by atoms with E-state index in [2.05, 4.69) is 46.4 Å². The average molecular weight is 351 g/mol. The molecule has 0 bridgehead atoms. The van der Waals surface area contributed by atoms with E-state index < -0.39 is 0 Å². The average Bonchev–Trinajstić information content (AvgIpc) is 2.61. The summed E-state index contributed by atoms with van der Waals surface area (Å²) in [7, 11) is 0. The molecular formula is C18H30N4OS. The molecule has 0 radical (unpaired) electrons. The third-order valence-corrected chi connectivity index (χ3v) is 4.99. The fourth-order valence-electron chi connectivity index (χ4n) is 2.50. The number of thioether (sulfide) groups is 1. The van der Waals surface area contributed by atoms with Crippen molar-refractivity contribution in [1.29, 1.82) is 0 Å². The summed E-state index contributed by atoms with van der Waals surface area (Å²) in [5.41, 5.74) is 8.58. The molecule has 0 spiro atoms. The predicted octanol–water partition coefficient (Wildman–Crippen LogP) is 1.85. The molecule has 1 aliphatic rings. The molecule has 24 heavy (non-hydrogen) atoms. The van der Waals surface area contributed by atoms with E-state index in [1.165, 1.54) is 11.1 Å². The first-order valence-electron chi connectivity index (χ1n) is 8.71. The van der Waals surface area contributed by atoms with E-state index in [4.69, 9.17) is 10.5 Å². The van der Waals surface area contributed by atoms with Gasteiger partial charge in [0.05, 0.1) is 13.2 Å². The van der Waals surface area contributed by atoms with Gasteiger partial charge in [-0.25, -0.2) is 0 Å². The minimum atomic E-state index is 0.563. The molecule has 5 nitrogen and oxygen atoms in total. The fourth-order valence-corrected chi connectivity index (χ4v) is 3.32. The molecule has 134 valence electrons. The van der Waals surface area contributed by atoms with Crippen molar-refractivity contribution < 1.29 is 4.74 Å². The normalized spacial score (nSPS) is 16.3. The minimum Gasteiger partial charge on any atom is -0.379 e. The molecule has 1 aromatic carbocycles. The van der Waals surface area contributed by atoms with Crippen molar-refractivity contribution in [2.45, 2.75) is 19.1 Å². The molecule has 1 fully saturated rings. The first kappa shape index (κ1) is 19.1. The lowest BCUT2D eigenvalue weighted by molar-refractivity contribution is 0.0377. The van der Waals surface area contributed by atoms with Crippen molar-refractivity contribution in [3.63, 3.8) is 0 Å². The van der Waals surface area contributed by atoms with Crippen molar-refractivity contribution in [2.75, 3.05) is 51.7 Å². The van der Waals surface area contributed by atoms with Crippen LogP contribution in [0, 0.1) is 6.92 Å². The van der Waals surface area contributed by atoms with Gasteiger partial charge >= 0.3 is 0 Å². The maximum absolute atomic E-state index is 5.90. The van der Waals surface area contributed by atoms with Crippen molar-refractivity contribution in [1.82, 2.24) is 10.2 Å². The van der Waals surface area contributed by atoms with Gasteiger partial charge in [0.15, 0.2) is 5.96 Å². The van der Waals surface area contributed by atoms with Crippen LogP contribution in [-0.2, 0) is 10.5 Å². The van der Waals surface area contributed by atoms with Crippen LogP contribution in [-0.4, -0.2) is 62.5 Å². The lowest BCUT2D eigenvalue weighted by Gasteiger charge is -2.26. The SMILES string of the molecule is Cc1ccc(CSCCNC(N)=NCCCN2CCOCC2)cc1. The highest BCUT2D eigenvalue weighted by molar-refractivity contribution is 7.98. The topological polar surface area (TPSA) is 62.9 Å². The highest BCUT2D eigenvalue weighted by atomic mass is 32.2. The van der Waals surface area contributed by atoms with Gasteiger partial charge in [-0.2, -0.15) is 11.8 Å². The van der Waals surface area contributed by atoms with Crippen molar-refractivity contribution >= 4 is 17.7 Å². The van der Waals surface area contributed by atoms with E-state index in [0.717, 1.165) is 63.9 Å². The molecule has 1 saturated heterocycles. The van der Waals surface area contributed by atoms with Gasteiger partial charge < -0.3 is 15.8 Å². The summed E-state index contributed by atoms with van der Waals surface area (Å²) in [5.74, 6) is 2.63. The van der Waals surface area contributed by atoms with Gasteiger partial charge in [-0.3, -0.25) is 9.89 Å². The van der Waals surface area contributed by atoms with Gasteiger partial charge in [-0.05, 0) is 18.9 Å². The number of nitrogens with zero attached hydrogens (tertiary/aromatic N) is 2. The van der Waals surface area contributed by atoms with Crippen LogP contribution in [0.3, 0.4) is 0 Å². The van der Waals surface area contributed by atoms with Crippen LogP contribution in [0.1, 0.15) is 17.5 Å². The molecule has 1 aromatic rings. The molecule has 0 amide bonds. The zero-order chi connectivity index (χ0) is 17.0.